The summed E-state index contributed by atoms with van der Waals surface area (Å²) >= 11 is 5.77. The van der Waals surface area contributed by atoms with Crippen LogP contribution in [0.2, 0.25) is 5.02 Å². The van der Waals surface area contributed by atoms with Crippen LogP contribution >= 0.6 is 11.6 Å². The molecule has 0 aliphatic heterocycles. The maximum absolute atomic E-state index is 13.4. The van der Waals surface area contributed by atoms with Crippen molar-refractivity contribution in [3.05, 3.63) is 53.1 Å². The molecule has 2 rings (SSSR count). The van der Waals surface area contributed by atoms with Gasteiger partial charge in [-0.05, 0) is 30.3 Å². The largest absolute Gasteiger partial charge is 0.397 e. The van der Waals surface area contributed by atoms with Gasteiger partial charge in [0.25, 0.3) is 0 Å². The van der Waals surface area contributed by atoms with Crippen molar-refractivity contribution >= 4 is 34.7 Å². The molecule has 20 heavy (non-hydrogen) atoms. The van der Waals surface area contributed by atoms with E-state index in [2.05, 4.69) is 10.6 Å². The Morgan fingerprint density at radius 3 is 2.45 bits per heavy atom. The minimum absolute atomic E-state index is 0.149. The lowest BCUT2D eigenvalue weighted by atomic mass is 10.2. The first-order valence-corrected chi connectivity index (χ1v) is 5.91. The number of nitrogen functional groups attached to an aromatic ring is 1. The third kappa shape index (κ3) is 3.36. The average molecular weight is 298 g/mol. The van der Waals surface area contributed by atoms with Gasteiger partial charge in [0.2, 0.25) is 0 Å². The number of carbonyl (C=O) groups excluding carboxylic acids is 1. The first-order valence-electron chi connectivity index (χ1n) is 5.54. The van der Waals surface area contributed by atoms with E-state index in [0.717, 1.165) is 12.1 Å². The molecule has 0 bridgehead atoms. The highest BCUT2D eigenvalue weighted by Crippen LogP contribution is 2.23. The fourth-order valence-corrected chi connectivity index (χ4v) is 1.68. The molecule has 0 aromatic heterocycles. The molecule has 2 aromatic carbocycles. The van der Waals surface area contributed by atoms with E-state index in [-0.39, 0.29) is 11.4 Å². The maximum Gasteiger partial charge on any atom is 0.323 e. The molecule has 0 aliphatic carbocycles. The van der Waals surface area contributed by atoms with Crippen LogP contribution in [0.4, 0.5) is 30.6 Å². The van der Waals surface area contributed by atoms with Crippen LogP contribution in [0.25, 0.3) is 0 Å². The zero-order chi connectivity index (χ0) is 14.7. The molecule has 4 N–H and O–H groups in total. The van der Waals surface area contributed by atoms with Gasteiger partial charge in [-0.15, -0.1) is 0 Å². The number of anilines is 3. The van der Waals surface area contributed by atoms with E-state index in [1.807, 2.05) is 0 Å². The molecule has 0 saturated heterocycles. The third-order valence-electron chi connectivity index (χ3n) is 2.44. The Morgan fingerprint density at radius 2 is 1.75 bits per heavy atom. The van der Waals surface area contributed by atoms with Crippen LogP contribution in [0, 0.1) is 11.6 Å². The Morgan fingerprint density at radius 1 is 1.05 bits per heavy atom. The zero-order valence-corrected chi connectivity index (χ0v) is 10.8. The number of hydrogen-bond donors (Lipinski definition) is 3. The van der Waals surface area contributed by atoms with Crippen molar-refractivity contribution in [3.8, 4) is 0 Å². The van der Waals surface area contributed by atoms with Gasteiger partial charge in [-0.1, -0.05) is 11.6 Å². The smallest absolute Gasteiger partial charge is 0.323 e. The van der Waals surface area contributed by atoms with Crippen LogP contribution in [0.5, 0.6) is 0 Å². The number of urea groups is 1. The number of rotatable bonds is 2. The second kappa shape index (κ2) is 5.75. The summed E-state index contributed by atoms with van der Waals surface area (Å²) in [6.45, 7) is 0. The molecule has 0 radical (unpaired) electrons. The van der Waals surface area contributed by atoms with E-state index in [1.165, 1.54) is 12.1 Å². The molecule has 4 nitrogen and oxygen atoms in total. The van der Waals surface area contributed by atoms with E-state index in [0.29, 0.717) is 16.8 Å². The molecular formula is C13H10ClF2N3O. The molecule has 0 atom stereocenters. The molecule has 104 valence electrons. The van der Waals surface area contributed by atoms with Crippen molar-refractivity contribution in [1.82, 2.24) is 0 Å². The lowest BCUT2D eigenvalue weighted by molar-refractivity contribution is 0.262. The topological polar surface area (TPSA) is 67.1 Å². The summed E-state index contributed by atoms with van der Waals surface area (Å²) in [7, 11) is 0. The molecule has 2 amide bonds. The predicted molar refractivity (Wildman–Crippen MR) is 74.9 cm³/mol. The average Bonchev–Trinajstić information content (AvgIpc) is 2.37. The van der Waals surface area contributed by atoms with Crippen molar-refractivity contribution in [1.29, 1.82) is 0 Å². The number of hydrogen-bond acceptors (Lipinski definition) is 2. The van der Waals surface area contributed by atoms with Gasteiger partial charge in [-0.25, -0.2) is 13.6 Å². The van der Waals surface area contributed by atoms with E-state index < -0.39 is 17.7 Å². The first-order chi connectivity index (χ1) is 9.45. The quantitative estimate of drug-likeness (QED) is 0.737. The van der Waals surface area contributed by atoms with Crippen molar-refractivity contribution in [3.63, 3.8) is 0 Å². The number of nitrogens with two attached hydrogens (primary N) is 1. The standard InChI is InChI=1S/C13H10ClF2N3O/c14-7-1-3-10(17)12(5-7)19-13(20)18-11-4-2-8(15)6-9(11)16/h1-6H,17H2,(H2,18,19,20). The summed E-state index contributed by atoms with van der Waals surface area (Å²) in [5, 5.41) is 5.05. The Bertz CT molecular complexity index is 664. The van der Waals surface area contributed by atoms with Gasteiger partial charge in [0.1, 0.15) is 11.6 Å². The van der Waals surface area contributed by atoms with Crippen LogP contribution in [0.1, 0.15) is 0 Å². The van der Waals surface area contributed by atoms with E-state index in [1.54, 1.807) is 6.07 Å². The van der Waals surface area contributed by atoms with Crippen LogP contribution in [0.3, 0.4) is 0 Å². The maximum atomic E-state index is 13.4. The molecule has 0 spiro atoms. The summed E-state index contributed by atoms with van der Waals surface area (Å²) < 4.78 is 26.1. The number of nitrogens with one attached hydrogen (secondary N) is 2. The van der Waals surface area contributed by atoms with Gasteiger partial charge in [0, 0.05) is 11.1 Å². The molecular weight excluding hydrogens is 288 g/mol. The van der Waals surface area contributed by atoms with Gasteiger partial charge in [0.15, 0.2) is 0 Å². The van der Waals surface area contributed by atoms with Crippen molar-refractivity contribution in [2.24, 2.45) is 0 Å². The second-order valence-corrected chi connectivity index (χ2v) is 4.37. The van der Waals surface area contributed by atoms with Crippen LogP contribution < -0.4 is 16.4 Å². The monoisotopic (exact) mass is 297 g/mol. The summed E-state index contributed by atoms with van der Waals surface area (Å²) in [6, 6.07) is 6.65. The minimum Gasteiger partial charge on any atom is -0.397 e. The lowest BCUT2D eigenvalue weighted by Gasteiger charge is -2.10. The summed E-state index contributed by atoms with van der Waals surface area (Å²) in [6.07, 6.45) is 0. The molecule has 0 saturated carbocycles. The van der Waals surface area contributed by atoms with Crippen molar-refractivity contribution in [2.75, 3.05) is 16.4 Å². The lowest BCUT2D eigenvalue weighted by Crippen LogP contribution is -2.20. The summed E-state index contributed by atoms with van der Waals surface area (Å²) in [5.74, 6) is -1.60. The Balaban J connectivity index is 2.11. The zero-order valence-electron chi connectivity index (χ0n) is 10.1. The van der Waals surface area contributed by atoms with Gasteiger partial charge < -0.3 is 16.4 Å². The normalized spacial score (nSPS) is 10.2. The molecule has 7 heteroatoms. The van der Waals surface area contributed by atoms with Crippen molar-refractivity contribution in [2.45, 2.75) is 0 Å². The predicted octanol–water partition coefficient (Wildman–Crippen LogP) is 3.84. The van der Waals surface area contributed by atoms with Gasteiger partial charge >= 0.3 is 6.03 Å². The van der Waals surface area contributed by atoms with Crippen LogP contribution in [-0.2, 0) is 0 Å². The molecule has 0 fully saturated rings. The fourth-order valence-electron chi connectivity index (χ4n) is 1.50. The number of benzene rings is 2. The van der Waals surface area contributed by atoms with E-state index >= 15 is 0 Å². The SMILES string of the molecule is Nc1ccc(Cl)cc1NC(=O)Nc1ccc(F)cc1F. The van der Waals surface area contributed by atoms with Gasteiger partial charge in [-0.3, -0.25) is 0 Å². The minimum atomic E-state index is -0.876. The molecule has 0 unspecified atom stereocenters. The highest BCUT2D eigenvalue weighted by Gasteiger charge is 2.09. The van der Waals surface area contributed by atoms with E-state index in [9.17, 15) is 13.6 Å². The van der Waals surface area contributed by atoms with Crippen molar-refractivity contribution < 1.29 is 13.6 Å². The molecule has 2 aromatic rings. The second-order valence-electron chi connectivity index (χ2n) is 3.93. The Kier molecular flexibility index (Phi) is 4.05. The highest BCUT2D eigenvalue weighted by atomic mass is 35.5. The Hall–Kier alpha value is -2.34. The summed E-state index contributed by atoms with van der Waals surface area (Å²) in [4.78, 5) is 11.7. The Labute approximate surface area is 118 Å². The number of amides is 2. The van der Waals surface area contributed by atoms with Gasteiger partial charge in [0.05, 0.1) is 17.1 Å². The summed E-state index contributed by atoms with van der Waals surface area (Å²) in [5.41, 5.74) is 6.11. The number of carbonyl (C=O) groups is 1. The molecule has 0 heterocycles. The number of halogens is 3. The highest BCUT2D eigenvalue weighted by molar-refractivity contribution is 6.31. The van der Waals surface area contributed by atoms with Crippen LogP contribution in [0.15, 0.2) is 36.4 Å². The van der Waals surface area contributed by atoms with Crippen LogP contribution in [-0.4, -0.2) is 6.03 Å². The molecule has 0 aliphatic rings. The third-order valence-corrected chi connectivity index (χ3v) is 2.68. The van der Waals surface area contributed by atoms with Gasteiger partial charge in [-0.2, -0.15) is 0 Å². The first kappa shape index (κ1) is 14.1. The fraction of sp³-hybridized carbons (Fsp3) is 0. The van der Waals surface area contributed by atoms with E-state index in [4.69, 9.17) is 17.3 Å².